The van der Waals surface area contributed by atoms with E-state index >= 15 is 0 Å². The summed E-state index contributed by atoms with van der Waals surface area (Å²) in [5, 5.41) is 3.00. The molecule has 1 aliphatic rings. The number of aromatic nitrogens is 2. The molecule has 0 radical (unpaired) electrons. The zero-order valence-corrected chi connectivity index (χ0v) is 10.1. The van der Waals surface area contributed by atoms with Crippen LogP contribution in [0.4, 0.5) is 13.2 Å². The van der Waals surface area contributed by atoms with Crippen LogP contribution < -0.4 is 16.6 Å². The fourth-order valence-electron chi connectivity index (χ4n) is 2.20. The van der Waals surface area contributed by atoms with Crippen LogP contribution in [0.1, 0.15) is 11.6 Å². The van der Waals surface area contributed by atoms with Crippen LogP contribution in [0.15, 0.2) is 27.8 Å². The summed E-state index contributed by atoms with van der Waals surface area (Å²) in [4.78, 5) is 26.4. The summed E-state index contributed by atoms with van der Waals surface area (Å²) in [6.45, 7) is 0.990. The second-order valence-electron chi connectivity index (χ2n) is 4.68. The number of alkyl halides is 3. The lowest BCUT2D eigenvalue weighted by atomic mass is 10.1. The van der Waals surface area contributed by atoms with Gasteiger partial charge in [0.15, 0.2) is 0 Å². The normalized spacial score (nSPS) is 16.4. The molecule has 1 aromatic carbocycles. The molecule has 1 fully saturated rings. The maximum Gasteiger partial charge on any atom is 0.416 e. The van der Waals surface area contributed by atoms with Crippen molar-refractivity contribution in [1.82, 2.24) is 14.9 Å². The summed E-state index contributed by atoms with van der Waals surface area (Å²) in [5.41, 5.74) is -2.25. The molecule has 2 aromatic rings. The third-order valence-electron chi connectivity index (χ3n) is 3.38. The van der Waals surface area contributed by atoms with E-state index in [2.05, 4.69) is 10.3 Å². The molecule has 2 N–H and O–H groups in total. The fourth-order valence-corrected chi connectivity index (χ4v) is 2.20. The van der Waals surface area contributed by atoms with Crippen molar-refractivity contribution in [2.45, 2.75) is 12.2 Å². The van der Waals surface area contributed by atoms with Crippen LogP contribution in [-0.2, 0) is 6.18 Å². The molecule has 0 spiro atoms. The lowest BCUT2D eigenvalue weighted by Gasteiger charge is -2.28. The standard InChI is InChI=1S/C12H10F3N3O2/c13-12(14,15)6-1-2-8-9(3-6)17-11(20)18(10(8)19)7-4-16-5-7/h1-3,7,16H,4-5H2,(H,17,20). The van der Waals surface area contributed by atoms with Gasteiger partial charge in [-0.05, 0) is 18.2 Å². The predicted molar refractivity (Wildman–Crippen MR) is 65.7 cm³/mol. The largest absolute Gasteiger partial charge is 0.416 e. The van der Waals surface area contributed by atoms with Crippen molar-refractivity contribution < 1.29 is 13.2 Å². The molecule has 20 heavy (non-hydrogen) atoms. The minimum atomic E-state index is -4.52. The van der Waals surface area contributed by atoms with Gasteiger partial charge in [0.2, 0.25) is 0 Å². The van der Waals surface area contributed by atoms with Gasteiger partial charge in [-0.1, -0.05) is 0 Å². The number of rotatable bonds is 1. The third-order valence-corrected chi connectivity index (χ3v) is 3.38. The van der Waals surface area contributed by atoms with Crippen molar-refractivity contribution in [2.75, 3.05) is 13.1 Å². The van der Waals surface area contributed by atoms with Crippen LogP contribution in [0.25, 0.3) is 10.9 Å². The van der Waals surface area contributed by atoms with Gasteiger partial charge in [0.1, 0.15) is 0 Å². The fraction of sp³-hybridized carbons (Fsp3) is 0.333. The predicted octanol–water partition coefficient (Wildman–Crippen LogP) is 0.853. The summed E-state index contributed by atoms with van der Waals surface area (Å²) >= 11 is 0. The summed E-state index contributed by atoms with van der Waals surface area (Å²) in [5.74, 6) is 0. The van der Waals surface area contributed by atoms with Gasteiger partial charge >= 0.3 is 11.9 Å². The summed E-state index contributed by atoms with van der Waals surface area (Å²) in [6.07, 6.45) is -4.52. The number of nitrogens with one attached hydrogen (secondary N) is 2. The highest BCUT2D eigenvalue weighted by molar-refractivity contribution is 5.78. The molecule has 1 aromatic heterocycles. The molecule has 2 heterocycles. The molecule has 1 aliphatic heterocycles. The number of aromatic amines is 1. The second kappa shape index (κ2) is 4.20. The summed E-state index contributed by atoms with van der Waals surface area (Å²) in [7, 11) is 0. The molecule has 0 amide bonds. The Morgan fingerprint density at radius 1 is 1.20 bits per heavy atom. The van der Waals surface area contributed by atoms with Gasteiger partial charge in [0.25, 0.3) is 5.56 Å². The molecule has 8 heteroatoms. The van der Waals surface area contributed by atoms with E-state index in [0.717, 1.165) is 22.8 Å². The van der Waals surface area contributed by atoms with Crippen LogP contribution in [-0.4, -0.2) is 22.6 Å². The topological polar surface area (TPSA) is 66.9 Å². The smallest absolute Gasteiger partial charge is 0.312 e. The van der Waals surface area contributed by atoms with Gasteiger partial charge in [-0.25, -0.2) is 4.79 Å². The summed E-state index contributed by atoms with van der Waals surface area (Å²) < 4.78 is 38.9. The van der Waals surface area contributed by atoms with E-state index in [0.29, 0.717) is 13.1 Å². The molecule has 0 aliphatic carbocycles. The molecule has 106 valence electrons. The van der Waals surface area contributed by atoms with Crippen LogP contribution in [0.5, 0.6) is 0 Å². The van der Waals surface area contributed by atoms with Gasteiger partial charge in [-0.2, -0.15) is 13.2 Å². The Labute approximate surface area is 110 Å². The Balaban J connectivity index is 2.25. The molecule has 1 saturated heterocycles. The van der Waals surface area contributed by atoms with E-state index in [1.165, 1.54) is 0 Å². The highest BCUT2D eigenvalue weighted by Gasteiger charge is 2.31. The van der Waals surface area contributed by atoms with Crippen molar-refractivity contribution in [3.05, 3.63) is 44.6 Å². The van der Waals surface area contributed by atoms with Crippen LogP contribution in [0, 0.1) is 0 Å². The first kappa shape index (κ1) is 12.9. The van der Waals surface area contributed by atoms with Gasteiger partial charge in [-0.3, -0.25) is 9.36 Å². The van der Waals surface area contributed by atoms with Crippen molar-refractivity contribution in [1.29, 1.82) is 0 Å². The minimum Gasteiger partial charge on any atom is -0.312 e. The number of hydrogen-bond acceptors (Lipinski definition) is 3. The second-order valence-corrected chi connectivity index (χ2v) is 4.68. The lowest BCUT2D eigenvalue weighted by molar-refractivity contribution is -0.137. The maximum absolute atomic E-state index is 12.6. The zero-order chi connectivity index (χ0) is 14.5. The Morgan fingerprint density at radius 3 is 2.45 bits per heavy atom. The van der Waals surface area contributed by atoms with Gasteiger partial charge in [0, 0.05) is 13.1 Å². The van der Waals surface area contributed by atoms with Gasteiger partial charge in [0.05, 0.1) is 22.5 Å². The Kier molecular flexibility index (Phi) is 2.72. The average molecular weight is 285 g/mol. The van der Waals surface area contributed by atoms with Crippen molar-refractivity contribution >= 4 is 10.9 Å². The average Bonchev–Trinajstić information content (AvgIpc) is 2.30. The van der Waals surface area contributed by atoms with E-state index in [1.807, 2.05) is 0 Å². The van der Waals surface area contributed by atoms with E-state index in [1.54, 1.807) is 0 Å². The van der Waals surface area contributed by atoms with Gasteiger partial charge in [-0.15, -0.1) is 0 Å². The lowest BCUT2D eigenvalue weighted by Crippen LogP contribution is -2.51. The third kappa shape index (κ3) is 1.92. The number of benzene rings is 1. The first-order valence-electron chi connectivity index (χ1n) is 5.94. The molecular weight excluding hydrogens is 275 g/mol. The molecule has 5 nitrogen and oxygen atoms in total. The molecule has 0 unspecified atom stereocenters. The molecule has 0 atom stereocenters. The Bertz CT molecular complexity index is 787. The number of fused-ring (bicyclic) bond motifs is 1. The van der Waals surface area contributed by atoms with E-state index in [4.69, 9.17) is 0 Å². The van der Waals surface area contributed by atoms with Crippen LogP contribution in [0.2, 0.25) is 0 Å². The maximum atomic E-state index is 12.6. The number of H-pyrrole nitrogens is 1. The highest BCUT2D eigenvalue weighted by atomic mass is 19.4. The monoisotopic (exact) mass is 285 g/mol. The molecule has 3 rings (SSSR count). The molecular formula is C12H10F3N3O2. The Morgan fingerprint density at radius 2 is 1.90 bits per heavy atom. The van der Waals surface area contributed by atoms with E-state index in [-0.39, 0.29) is 16.9 Å². The zero-order valence-electron chi connectivity index (χ0n) is 10.1. The van der Waals surface area contributed by atoms with E-state index in [9.17, 15) is 22.8 Å². The minimum absolute atomic E-state index is 0.0736. The van der Waals surface area contributed by atoms with Crippen molar-refractivity contribution in [3.8, 4) is 0 Å². The number of hydrogen-bond donors (Lipinski definition) is 2. The number of halogens is 3. The van der Waals surface area contributed by atoms with Crippen LogP contribution in [0.3, 0.4) is 0 Å². The summed E-state index contributed by atoms with van der Waals surface area (Å²) in [6, 6.07) is 2.46. The van der Waals surface area contributed by atoms with Crippen molar-refractivity contribution in [3.63, 3.8) is 0 Å². The highest BCUT2D eigenvalue weighted by Crippen LogP contribution is 2.30. The Hall–Kier alpha value is -2.09. The van der Waals surface area contributed by atoms with Crippen LogP contribution >= 0.6 is 0 Å². The van der Waals surface area contributed by atoms with Gasteiger partial charge < -0.3 is 10.3 Å². The first-order chi connectivity index (χ1) is 9.38. The quantitative estimate of drug-likeness (QED) is 0.816. The molecule has 0 bridgehead atoms. The number of nitrogens with zero attached hydrogens (tertiary/aromatic N) is 1. The first-order valence-corrected chi connectivity index (χ1v) is 5.94. The van der Waals surface area contributed by atoms with E-state index < -0.39 is 23.0 Å². The van der Waals surface area contributed by atoms with Crippen molar-refractivity contribution in [2.24, 2.45) is 0 Å². The molecule has 0 saturated carbocycles. The SMILES string of the molecule is O=c1[nH]c2cc(C(F)(F)F)ccc2c(=O)n1C1CNC1.